The molecule has 1 aromatic heterocycles. The molecule has 1 amide bonds. The van der Waals surface area contributed by atoms with Gasteiger partial charge in [-0.25, -0.2) is 0 Å². The Kier molecular flexibility index (Phi) is 5.93. The normalized spacial score (nSPS) is 14.4. The minimum atomic E-state index is -0.00773. The lowest BCUT2D eigenvalue weighted by Crippen LogP contribution is -2.38. The maximum Gasteiger partial charge on any atom is 0.227 e. The number of carbonyl (C=O) groups excluding carboxylic acids is 1. The second-order valence-corrected chi connectivity index (χ2v) is 7.57. The minimum absolute atomic E-state index is 0.00773. The summed E-state index contributed by atoms with van der Waals surface area (Å²) in [6.07, 6.45) is 1.58. The van der Waals surface area contributed by atoms with Crippen LogP contribution in [-0.4, -0.2) is 36.3 Å². The zero-order valence-corrected chi connectivity index (χ0v) is 17.3. The molecule has 0 radical (unpaired) electrons. The molecule has 2 aromatic carbocycles. The molecular weight excluding hydrogens is 376 g/mol. The highest BCUT2D eigenvalue weighted by molar-refractivity contribution is 5.92. The van der Waals surface area contributed by atoms with Crippen LogP contribution < -0.4 is 15.0 Å². The Morgan fingerprint density at radius 3 is 2.53 bits per heavy atom. The lowest BCUT2D eigenvalue weighted by Gasteiger charge is -2.31. The number of nitrogens with zero attached hydrogens (tertiary/aromatic N) is 3. The van der Waals surface area contributed by atoms with Crippen LogP contribution in [0.3, 0.4) is 0 Å². The third kappa shape index (κ3) is 4.43. The fourth-order valence-corrected chi connectivity index (χ4v) is 3.81. The van der Waals surface area contributed by atoms with E-state index in [2.05, 4.69) is 39.5 Å². The van der Waals surface area contributed by atoms with Crippen molar-refractivity contribution >= 4 is 17.4 Å². The summed E-state index contributed by atoms with van der Waals surface area (Å²) in [5.41, 5.74) is 3.93. The van der Waals surface area contributed by atoms with Crippen LogP contribution in [0, 0.1) is 12.8 Å². The predicted molar refractivity (Wildman–Crippen MR) is 119 cm³/mol. The van der Waals surface area contributed by atoms with E-state index < -0.39 is 0 Å². The molecule has 0 aliphatic carbocycles. The fourth-order valence-electron chi connectivity index (χ4n) is 3.81. The maximum absolute atomic E-state index is 12.6. The molecule has 0 spiro atoms. The first-order valence-corrected chi connectivity index (χ1v) is 10.2. The Morgan fingerprint density at radius 1 is 1.03 bits per heavy atom. The molecule has 1 N–H and O–H groups in total. The van der Waals surface area contributed by atoms with Gasteiger partial charge in [0.1, 0.15) is 5.75 Å². The number of benzene rings is 2. The Labute approximate surface area is 176 Å². The molecule has 154 valence electrons. The van der Waals surface area contributed by atoms with Gasteiger partial charge in [-0.3, -0.25) is 4.79 Å². The largest absolute Gasteiger partial charge is 0.497 e. The van der Waals surface area contributed by atoms with Crippen LogP contribution in [0.1, 0.15) is 18.4 Å². The third-order valence-electron chi connectivity index (χ3n) is 5.60. The Balaban J connectivity index is 1.35. The van der Waals surface area contributed by atoms with Gasteiger partial charge in [0.25, 0.3) is 0 Å². The second kappa shape index (κ2) is 8.95. The van der Waals surface area contributed by atoms with Crippen molar-refractivity contribution in [2.45, 2.75) is 19.8 Å². The molecule has 1 fully saturated rings. The highest BCUT2D eigenvalue weighted by atomic mass is 16.5. The van der Waals surface area contributed by atoms with Gasteiger partial charge in [0.2, 0.25) is 5.91 Å². The van der Waals surface area contributed by atoms with E-state index in [4.69, 9.17) is 4.74 Å². The molecule has 6 nitrogen and oxygen atoms in total. The zero-order chi connectivity index (χ0) is 20.9. The molecule has 1 aliphatic heterocycles. The van der Waals surface area contributed by atoms with Crippen molar-refractivity contribution in [3.63, 3.8) is 0 Å². The summed E-state index contributed by atoms with van der Waals surface area (Å²) in [6.45, 7) is 3.65. The summed E-state index contributed by atoms with van der Waals surface area (Å²) in [4.78, 5) is 14.8. The van der Waals surface area contributed by atoms with Gasteiger partial charge in [-0.15, -0.1) is 10.2 Å². The number of methoxy groups -OCH3 is 1. The number of nitrogens with one attached hydrogen (secondary N) is 1. The van der Waals surface area contributed by atoms with E-state index in [0.29, 0.717) is 0 Å². The Morgan fingerprint density at radius 2 is 1.83 bits per heavy atom. The van der Waals surface area contributed by atoms with Crippen LogP contribution in [0.25, 0.3) is 11.3 Å². The standard InChI is InChI=1S/C24H26N4O2/c1-17-6-3-4-9-21(17)22-10-11-23(27-26-22)28-14-12-18(13-15-28)24(29)25-19-7-5-8-20(16-19)30-2/h3-11,16,18H,12-15H2,1-2H3,(H,25,29). The zero-order valence-electron chi connectivity index (χ0n) is 17.3. The third-order valence-corrected chi connectivity index (χ3v) is 5.60. The predicted octanol–water partition coefficient (Wildman–Crippen LogP) is 4.32. The number of hydrogen-bond acceptors (Lipinski definition) is 5. The molecule has 6 heteroatoms. The van der Waals surface area contributed by atoms with Crippen molar-refractivity contribution < 1.29 is 9.53 Å². The van der Waals surface area contributed by atoms with Crippen LogP contribution in [0.2, 0.25) is 0 Å². The molecule has 0 atom stereocenters. The van der Waals surface area contributed by atoms with Crippen molar-refractivity contribution in [1.82, 2.24) is 10.2 Å². The van der Waals surface area contributed by atoms with E-state index in [0.717, 1.165) is 54.4 Å². The number of carbonyl (C=O) groups is 1. The molecule has 0 saturated carbocycles. The summed E-state index contributed by atoms with van der Waals surface area (Å²) in [5, 5.41) is 11.9. The van der Waals surface area contributed by atoms with Crippen molar-refractivity contribution in [3.05, 3.63) is 66.2 Å². The van der Waals surface area contributed by atoms with Crippen LogP contribution in [0.5, 0.6) is 5.75 Å². The van der Waals surface area contributed by atoms with E-state index in [1.54, 1.807) is 7.11 Å². The number of hydrogen-bond donors (Lipinski definition) is 1. The van der Waals surface area contributed by atoms with Gasteiger partial charge in [-0.2, -0.15) is 0 Å². The van der Waals surface area contributed by atoms with E-state index in [1.165, 1.54) is 5.56 Å². The molecule has 2 heterocycles. The van der Waals surface area contributed by atoms with Crippen molar-refractivity contribution in [2.75, 3.05) is 30.4 Å². The van der Waals surface area contributed by atoms with Crippen LogP contribution in [0.15, 0.2) is 60.7 Å². The average Bonchev–Trinajstić information content (AvgIpc) is 2.80. The van der Waals surface area contributed by atoms with E-state index in [-0.39, 0.29) is 11.8 Å². The smallest absolute Gasteiger partial charge is 0.227 e. The first-order valence-electron chi connectivity index (χ1n) is 10.2. The van der Waals surface area contributed by atoms with Crippen molar-refractivity contribution in [1.29, 1.82) is 0 Å². The number of aryl methyl sites for hydroxylation is 1. The Bertz CT molecular complexity index is 1010. The second-order valence-electron chi connectivity index (χ2n) is 7.57. The van der Waals surface area contributed by atoms with Crippen LogP contribution in [0.4, 0.5) is 11.5 Å². The number of aromatic nitrogens is 2. The van der Waals surface area contributed by atoms with Gasteiger partial charge in [0.15, 0.2) is 5.82 Å². The quantitative estimate of drug-likeness (QED) is 0.689. The SMILES string of the molecule is COc1cccc(NC(=O)C2CCN(c3ccc(-c4ccccc4C)nn3)CC2)c1. The van der Waals surface area contributed by atoms with E-state index in [1.807, 2.05) is 48.5 Å². The first-order chi connectivity index (χ1) is 14.6. The molecule has 3 aromatic rings. The molecule has 0 unspecified atom stereocenters. The molecule has 0 bridgehead atoms. The Hall–Kier alpha value is -3.41. The van der Waals surface area contributed by atoms with E-state index in [9.17, 15) is 4.79 Å². The van der Waals surface area contributed by atoms with Gasteiger partial charge in [-0.1, -0.05) is 30.3 Å². The number of anilines is 2. The molecular formula is C24H26N4O2. The van der Waals surface area contributed by atoms with Gasteiger partial charge in [-0.05, 0) is 49.6 Å². The molecule has 1 saturated heterocycles. The topological polar surface area (TPSA) is 67.3 Å². The lowest BCUT2D eigenvalue weighted by atomic mass is 9.95. The summed E-state index contributed by atoms with van der Waals surface area (Å²) >= 11 is 0. The van der Waals surface area contributed by atoms with Gasteiger partial charge < -0.3 is 15.0 Å². The molecule has 30 heavy (non-hydrogen) atoms. The fraction of sp³-hybridized carbons (Fsp3) is 0.292. The summed E-state index contributed by atoms with van der Waals surface area (Å²) in [6, 6.07) is 19.7. The lowest BCUT2D eigenvalue weighted by molar-refractivity contribution is -0.120. The highest BCUT2D eigenvalue weighted by Crippen LogP contribution is 2.26. The van der Waals surface area contributed by atoms with Gasteiger partial charge in [0.05, 0.1) is 12.8 Å². The number of amides is 1. The molecule has 4 rings (SSSR count). The number of rotatable bonds is 5. The maximum atomic E-state index is 12.6. The first kappa shape index (κ1) is 19.9. The average molecular weight is 402 g/mol. The monoisotopic (exact) mass is 402 g/mol. The molecule has 1 aliphatic rings. The summed E-state index contributed by atoms with van der Waals surface area (Å²) < 4.78 is 5.22. The van der Waals surface area contributed by atoms with Crippen molar-refractivity contribution in [3.8, 4) is 17.0 Å². The highest BCUT2D eigenvalue weighted by Gasteiger charge is 2.26. The van der Waals surface area contributed by atoms with Crippen molar-refractivity contribution in [2.24, 2.45) is 5.92 Å². The number of ether oxygens (including phenoxy) is 1. The van der Waals surface area contributed by atoms with Gasteiger partial charge in [0, 0.05) is 36.3 Å². The van der Waals surface area contributed by atoms with Gasteiger partial charge >= 0.3 is 0 Å². The van der Waals surface area contributed by atoms with Crippen LogP contribution >= 0.6 is 0 Å². The van der Waals surface area contributed by atoms with E-state index >= 15 is 0 Å². The van der Waals surface area contributed by atoms with Crippen LogP contribution in [-0.2, 0) is 4.79 Å². The summed E-state index contributed by atoms with van der Waals surface area (Å²) in [7, 11) is 1.62. The number of piperidine rings is 1. The minimum Gasteiger partial charge on any atom is -0.497 e. The summed E-state index contributed by atoms with van der Waals surface area (Å²) in [5.74, 6) is 1.64.